The van der Waals surface area contributed by atoms with Crippen molar-refractivity contribution in [2.45, 2.75) is 37.9 Å². The van der Waals surface area contributed by atoms with Crippen LogP contribution in [0.3, 0.4) is 0 Å². The molecule has 2 aliphatic rings. The van der Waals surface area contributed by atoms with E-state index in [2.05, 4.69) is 0 Å². The Morgan fingerprint density at radius 2 is 1.93 bits per heavy atom. The van der Waals surface area contributed by atoms with Crippen molar-refractivity contribution in [3.63, 3.8) is 0 Å². The predicted molar refractivity (Wildman–Crippen MR) is 57.7 cm³/mol. The predicted octanol–water partition coefficient (Wildman–Crippen LogP) is 0.999. The molecule has 1 aliphatic heterocycles. The second kappa shape index (κ2) is 3.87. The average Bonchev–Trinajstić information content (AvgIpc) is 2.64. The highest BCUT2D eigenvalue weighted by molar-refractivity contribution is 7.83. The van der Waals surface area contributed by atoms with Gasteiger partial charge in [-0.15, -0.1) is 0 Å². The lowest BCUT2D eigenvalue weighted by Crippen LogP contribution is -2.60. The minimum atomic E-state index is -0.946. The molecule has 1 saturated heterocycles. The van der Waals surface area contributed by atoms with Gasteiger partial charge in [0.05, 0.1) is 16.4 Å². The van der Waals surface area contributed by atoms with E-state index in [0.717, 1.165) is 12.8 Å². The fourth-order valence-corrected chi connectivity index (χ4v) is 4.28. The maximum Gasteiger partial charge on any atom is 0.312 e. The van der Waals surface area contributed by atoms with Crippen LogP contribution in [0.2, 0.25) is 0 Å². The van der Waals surface area contributed by atoms with Crippen molar-refractivity contribution in [2.24, 2.45) is 5.41 Å². The van der Waals surface area contributed by atoms with Crippen LogP contribution in [0.1, 0.15) is 32.6 Å². The Hall–Kier alpha value is -0.420. The third kappa shape index (κ3) is 1.95. The Kier molecular flexibility index (Phi) is 2.85. The zero-order chi connectivity index (χ0) is 11.1. The second-order valence-electron chi connectivity index (χ2n) is 4.85. The zero-order valence-corrected chi connectivity index (χ0v) is 9.76. The first-order chi connectivity index (χ1) is 7.03. The Bertz CT molecular complexity index is 293. The van der Waals surface area contributed by atoms with Gasteiger partial charge in [-0.2, -0.15) is 0 Å². The molecule has 0 spiro atoms. The van der Waals surface area contributed by atoms with Crippen molar-refractivity contribution < 1.29 is 14.1 Å². The number of nitrogens with zero attached hydrogens (tertiary/aromatic N) is 1. The van der Waals surface area contributed by atoms with Gasteiger partial charge in [0, 0.05) is 18.3 Å². The molecule has 15 heavy (non-hydrogen) atoms. The van der Waals surface area contributed by atoms with Crippen molar-refractivity contribution in [3.05, 3.63) is 0 Å². The highest BCUT2D eigenvalue weighted by Gasteiger charge is 2.48. The first-order valence-corrected chi connectivity index (χ1v) is 6.59. The fraction of sp³-hybridized carbons (Fsp3) is 0.900. The van der Waals surface area contributed by atoms with E-state index in [1.54, 1.807) is 6.92 Å². The quantitative estimate of drug-likeness (QED) is 0.788. The van der Waals surface area contributed by atoms with Crippen molar-refractivity contribution in [1.29, 1.82) is 0 Å². The van der Waals surface area contributed by atoms with Gasteiger partial charge < -0.3 is 5.11 Å². The van der Waals surface area contributed by atoms with E-state index in [-0.39, 0.29) is 5.25 Å². The first-order valence-electron chi connectivity index (χ1n) is 5.42. The van der Waals surface area contributed by atoms with E-state index in [0.29, 0.717) is 13.1 Å². The average molecular weight is 231 g/mol. The van der Waals surface area contributed by atoms with Crippen LogP contribution in [0.25, 0.3) is 0 Å². The fourth-order valence-electron chi connectivity index (χ4n) is 2.30. The Labute approximate surface area is 92.2 Å². The molecule has 0 aromatic carbocycles. The lowest BCUT2D eigenvalue weighted by atomic mass is 9.84. The summed E-state index contributed by atoms with van der Waals surface area (Å²) in [6, 6.07) is 0. The van der Waals surface area contributed by atoms with Crippen LogP contribution in [0, 0.1) is 5.41 Å². The number of hydrogen-bond acceptors (Lipinski definition) is 2. The molecule has 1 aliphatic carbocycles. The van der Waals surface area contributed by atoms with E-state index >= 15 is 0 Å². The van der Waals surface area contributed by atoms with Gasteiger partial charge in [-0.25, -0.2) is 8.51 Å². The summed E-state index contributed by atoms with van der Waals surface area (Å²) >= 11 is 0. The molecule has 0 amide bonds. The topological polar surface area (TPSA) is 57.6 Å². The van der Waals surface area contributed by atoms with Gasteiger partial charge in [-0.1, -0.05) is 12.8 Å². The molecule has 0 radical (unpaired) electrons. The van der Waals surface area contributed by atoms with Crippen LogP contribution in [-0.4, -0.2) is 37.9 Å². The highest BCUT2D eigenvalue weighted by Crippen LogP contribution is 2.34. The largest absolute Gasteiger partial charge is 0.481 e. The second-order valence-corrected chi connectivity index (χ2v) is 6.58. The van der Waals surface area contributed by atoms with Gasteiger partial charge in [0.1, 0.15) is 0 Å². The number of carboxylic acid groups (broad SMARTS) is 1. The molecule has 1 N–H and O–H groups in total. The lowest BCUT2D eigenvalue weighted by molar-refractivity contribution is -0.154. The Morgan fingerprint density at radius 3 is 2.40 bits per heavy atom. The van der Waals surface area contributed by atoms with Crippen LogP contribution in [0.4, 0.5) is 0 Å². The number of carbonyl (C=O) groups is 1. The van der Waals surface area contributed by atoms with E-state index in [1.165, 1.54) is 12.8 Å². The molecule has 0 aromatic rings. The first kappa shape index (κ1) is 11.1. The number of carboxylic acids is 1. The van der Waals surface area contributed by atoms with E-state index in [4.69, 9.17) is 5.11 Å². The molecule has 86 valence electrons. The smallest absolute Gasteiger partial charge is 0.312 e. The van der Waals surface area contributed by atoms with E-state index in [9.17, 15) is 9.00 Å². The Balaban J connectivity index is 1.88. The molecule has 4 nitrogen and oxygen atoms in total. The van der Waals surface area contributed by atoms with Gasteiger partial charge in [0.2, 0.25) is 0 Å². The molecule has 1 heterocycles. The Morgan fingerprint density at radius 1 is 1.40 bits per heavy atom. The maximum atomic E-state index is 12.0. The third-order valence-corrected chi connectivity index (χ3v) is 5.22. The minimum Gasteiger partial charge on any atom is -0.481 e. The zero-order valence-electron chi connectivity index (χ0n) is 8.94. The number of rotatable bonds is 3. The molecule has 5 heteroatoms. The molecule has 1 atom stereocenters. The molecule has 1 saturated carbocycles. The van der Waals surface area contributed by atoms with Crippen molar-refractivity contribution in [1.82, 2.24) is 4.31 Å². The normalized spacial score (nSPS) is 28.6. The molecule has 2 fully saturated rings. The van der Waals surface area contributed by atoms with Crippen LogP contribution in [-0.2, 0) is 15.8 Å². The van der Waals surface area contributed by atoms with Gasteiger partial charge in [0.15, 0.2) is 0 Å². The molecule has 0 bridgehead atoms. The molecule has 2 rings (SSSR count). The van der Waals surface area contributed by atoms with Gasteiger partial charge in [0.25, 0.3) is 0 Å². The molecular weight excluding hydrogens is 214 g/mol. The van der Waals surface area contributed by atoms with Crippen LogP contribution < -0.4 is 0 Å². The number of aliphatic carboxylic acids is 1. The van der Waals surface area contributed by atoms with Gasteiger partial charge >= 0.3 is 5.97 Å². The summed E-state index contributed by atoms with van der Waals surface area (Å²) in [5.74, 6) is -0.776. The highest BCUT2D eigenvalue weighted by atomic mass is 32.2. The van der Waals surface area contributed by atoms with Crippen LogP contribution in [0.15, 0.2) is 0 Å². The van der Waals surface area contributed by atoms with Crippen LogP contribution >= 0.6 is 0 Å². The summed E-state index contributed by atoms with van der Waals surface area (Å²) in [5, 5.41) is 9.21. The van der Waals surface area contributed by atoms with E-state index in [1.807, 2.05) is 4.31 Å². The van der Waals surface area contributed by atoms with E-state index < -0.39 is 22.4 Å². The monoisotopic (exact) mass is 231 g/mol. The number of hydrogen-bond donors (Lipinski definition) is 1. The molecule has 0 aromatic heterocycles. The van der Waals surface area contributed by atoms with Gasteiger partial charge in [-0.3, -0.25) is 4.79 Å². The lowest BCUT2D eigenvalue weighted by Gasteiger charge is -2.44. The minimum absolute atomic E-state index is 0.281. The van der Waals surface area contributed by atoms with Gasteiger partial charge in [-0.05, 0) is 19.8 Å². The maximum absolute atomic E-state index is 12.0. The molecular formula is C10H17NO3S. The molecule has 1 unspecified atom stereocenters. The summed E-state index contributed by atoms with van der Waals surface area (Å²) in [6.07, 6.45) is 4.40. The summed E-state index contributed by atoms with van der Waals surface area (Å²) < 4.78 is 13.8. The van der Waals surface area contributed by atoms with Crippen molar-refractivity contribution >= 4 is 17.0 Å². The van der Waals surface area contributed by atoms with Crippen molar-refractivity contribution in [2.75, 3.05) is 13.1 Å². The summed E-state index contributed by atoms with van der Waals surface area (Å²) in [5.41, 5.74) is -0.672. The standard InChI is InChI=1S/C10H17NO3S/c1-10(9(12)13)6-11(7-10)15(14)8-4-2-3-5-8/h8H,2-7H2,1H3,(H,12,13). The van der Waals surface area contributed by atoms with Crippen molar-refractivity contribution in [3.8, 4) is 0 Å². The summed E-state index contributed by atoms with van der Waals surface area (Å²) in [4.78, 5) is 10.9. The third-order valence-electron chi connectivity index (χ3n) is 3.41. The summed E-state index contributed by atoms with van der Waals surface area (Å²) in [6.45, 7) is 2.59. The SMILES string of the molecule is CC1(C(=O)O)CN(S(=O)C2CCCC2)C1. The summed E-state index contributed by atoms with van der Waals surface area (Å²) in [7, 11) is -0.946. The van der Waals surface area contributed by atoms with Crippen LogP contribution in [0.5, 0.6) is 0 Å².